The lowest BCUT2D eigenvalue weighted by molar-refractivity contribution is -0.116. The number of carbonyl (C=O) groups is 4. The Morgan fingerprint density at radius 1 is 1.10 bits per heavy atom. The van der Waals surface area contributed by atoms with E-state index in [0.29, 0.717) is 21.7 Å². The second kappa shape index (κ2) is 7.79. The molecule has 1 aliphatic heterocycles. The number of imide groups is 1. The Kier molecular flexibility index (Phi) is 5.19. The van der Waals surface area contributed by atoms with Gasteiger partial charge < -0.3 is 10.1 Å². The van der Waals surface area contributed by atoms with Gasteiger partial charge in [-0.2, -0.15) is 0 Å². The summed E-state index contributed by atoms with van der Waals surface area (Å²) >= 11 is 1.40. The molecule has 29 heavy (non-hydrogen) atoms. The molecule has 1 aromatic heterocycles. The Bertz CT molecular complexity index is 991. The summed E-state index contributed by atoms with van der Waals surface area (Å²) in [6.45, 7) is -0.0170. The number of rotatable bonds is 5. The first-order valence-corrected chi connectivity index (χ1v) is 10.3. The molecule has 1 N–H and O–H groups in total. The minimum Gasteiger partial charge on any atom is -0.465 e. The minimum absolute atomic E-state index is 0.0170. The Hall–Kier alpha value is -3.00. The number of aryl methyl sites for hydroxylation is 1. The minimum atomic E-state index is -0.458. The molecule has 0 atom stereocenters. The third-order valence-corrected chi connectivity index (χ3v) is 6.46. The van der Waals surface area contributed by atoms with E-state index in [1.165, 1.54) is 18.4 Å². The first-order chi connectivity index (χ1) is 14.0. The van der Waals surface area contributed by atoms with E-state index < -0.39 is 5.97 Å². The number of hydrogen-bond donors (Lipinski definition) is 1. The zero-order chi connectivity index (χ0) is 20.5. The summed E-state index contributed by atoms with van der Waals surface area (Å²) in [7, 11) is 1.32. The monoisotopic (exact) mass is 412 g/mol. The molecule has 0 saturated carbocycles. The number of anilines is 1. The lowest BCUT2D eigenvalue weighted by atomic mass is 9.95. The van der Waals surface area contributed by atoms with Crippen LogP contribution in [0.15, 0.2) is 24.3 Å². The van der Waals surface area contributed by atoms with Crippen LogP contribution in [0.3, 0.4) is 0 Å². The summed E-state index contributed by atoms with van der Waals surface area (Å²) in [5.74, 6) is -1.59. The molecule has 7 nitrogen and oxygen atoms in total. The van der Waals surface area contributed by atoms with Crippen LogP contribution in [-0.2, 0) is 22.4 Å². The predicted octanol–water partition coefficient (Wildman–Crippen LogP) is 3.04. The Balaban J connectivity index is 1.46. The van der Waals surface area contributed by atoms with Crippen molar-refractivity contribution in [3.63, 3.8) is 0 Å². The van der Waals surface area contributed by atoms with Crippen LogP contribution in [0.2, 0.25) is 0 Å². The number of ether oxygens (including phenoxy) is 1. The molecule has 0 unspecified atom stereocenters. The average molecular weight is 412 g/mol. The van der Waals surface area contributed by atoms with Gasteiger partial charge in [0.1, 0.15) is 5.00 Å². The summed E-state index contributed by atoms with van der Waals surface area (Å²) < 4.78 is 4.91. The van der Waals surface area contributed by atoms with E-state index in [1.54, 1.807) is 24.3 Å². The van der Waals surface area contributed by atoms with Crippen LogP contribution >= 0.6 is 11.3 Å². The van der Waals surface area contributed by atoms with Crippen LogP contribution in [0.1, 0.15) is 60.8 Å². The second-order valence-electron chi connectivity index (χ2n) is 7.01. The van der Waals surface area contributed by atoms with E-state index in [1.807, 2.05) is 0 Å². The molecule has 0 bridgehead atoms. The number of amides is 3. The standard InChI is InChI=1S/C21H20N2O5S/c1-28-21(27)17-14-8-4-5-9-15(14)29-18(17)22-16(24)10-11-23-19(25)12-6-2-3-7-13(12)20(23)26/h2-3,6-7H,4-5,8-11H2,1H3,(H,22,24). The fourth-order valence-electron chi connectivity index (χ4n) is 3.82. The zero-order valence-corrected chi connectivity index (χ0v) is 16.8. The summed E-state index contributed by atoms with van der Waals surface area (Å²) in [4.78, 5) is 51.8. The zero-order valence-electron chi connectivity index (χ0n) is 15.9. The van der Waals surface area contributed by atoms with Crippen LogP contribution in [0.25, 0.3) is 0 Å². The van der Waals surface area contributed by atoms with Crippen LogP contribution in [0.5, 0.6) is 0 Å². The molecular weight excluding hydrogens is 392 g/mol. The van der Waals surface area contributed by atoms with Gasteiger partial charge in [0.15, 0.2) is 0 Å². The third-order valence-electron chi connectivity index (χ3n) is 5.25. The maximum Gasteiger partial charge on any atom is 0.341 e. The number of esters is 1. The second-order valence-corrected chi connectivity index (χ2v) is 8.12. The van der Waals surface area contributed by atoms with Gasteiger partial charge in [-0.3, -0.25) is 19.3 Å². The number of fused-ring (bicyclic) bond motifs is 2. The van der Waals surface area contributed by atoms with Gasteiger partial charge in [-0.25, -0.2) is 4.79 Å². The maximum atomic E-state index is 12.5. The molecule has 8 heteroatoms. The summed E-state index contributed by atoms with van der Waals surface area (Å²) in [6, 6.07) is 6.61. The van der Waals surface area contributed by atoms with Crippen molar-refractivity contribution < 1.29 is 23.9 Å². The highest BCUT2D eigenvalue weighted by atomic mass is 32.1. The molecule has 1 aromatic carbocycles. The Morgan fingerprint density at radius 2 is 1.76 bits per heavy atom. The van der Waals surface area contributed by atoms with Gasteiger partial charge >= 0.3 is 5.97 Å². The molecule has 0 saturated heterocycles. The van der Waals surface area contributed by atoms with Gasteiger partial charge in [0.25, 0.3) is 11.8 Å². The summed E-state index contributed by atoms with van der Waals surface area (Å²) in [6.07, 6.45) is 3.69. The lowest BCUT2D eigenvalue weighted by Crippen LogP contribution is -2.32. The topological polar surface area (TPSA) is 92.8 Å². The van der Waals surface area contributed by atoms with Crippen molar-refractivity contribution in [2.75, 3.05) is 19.0 Å². The molecule has 2 heterocycles. The first kappa shape index (κ1) is 19.3. The molecule has 1 aliphatic carbocycles. The van der Waals surface area contributed by atoms with E-state index >= 15 is 0 Å². The fraction of sp³-hybridized carbons (Fsp3) is 0.333. The quantitative estimate of drug-likeness (QED) is 0.602. The van der Waals surface area contributed by atoms with E-state index in [2.05, 4.69) is 5.32 Å². The number of methoxy groups -OCH3 is 1. The van der Waals surface area contributed by atoms with Crippen molar-refractivity contribution in [3.05, 3.63) is 51.4 Å². The molecule has 0 fully saturated rings. The SMILES string of the molecule is COC(=O)c1c(NC(=O)CCN2C(=O)c3ccccc3C2=O)sc2c1CCCC2. The van der Waals surface area contributed by atoms with Gasteiger partial charge in [0, 0.05) is 17.8 Å². The molecular formula is C21H20N2O5S. The highest BCUT2D eigenvalue weighted by molar-refractivity contribution is 7.17. The number of nitrogens with zero attached hydrogens (tertiary/aromatic N) is 1. The van der Waals surface area contributed by atoms with Crippen molar-refractivity contribution in [2.45, 2.75) is 32.1 Å². The molecule has 150 valence electrons. The van der Waals surface area contributed by atoms with Crippen LogP contribution in [0.4, 0.5) is 5.00 Å². The highest BCUT2D eigenvalue weighted by Crippen LogP contribution is 2.38. The first-order valence-electron chi connectivity index (χ1n) is 9.49. The summed E-state index contributed by atoms with van der Waals surface area (Å²) in [5.41, 5.74) is 2.11. The number of thiophene rings is 1. The largest absolute Gasteiger partial charge is 0.465 e. The fourth-order valence-corrected chi connectivity index (χ4v) is 5.11. The van der Waals surface area contributed by atoms with Gasteiger partial charge in [-0.05, 0) is 43.4 Å². The van der Waals surface area contributed by atoms with Crippen LogP contribution in [-0.4, -0.2) is 42.2 Å². The van der Waals surface area contributed by atoms with Crippen molar-refractivity contribution in [1.29, 1.82) is 0 Å². The van der Waals surface area contributed by atoms with Crippen molar-refractivity contribution in [2.24, 2.45) is 0 Å². The molecule has 2 aromatic rings. The molecule has 0 radical (unpaired) electrons. The molecule has 4 rings (SSSR count). The Labute approximate surface area is 171 Å². The predicted molar refractivity (Wildman–Crippen MR) is 107 cm³/mol. The maximum absolute atomic E-state index is 12.5. The lowest BCUT2D eigenvalue weighted by Gasteiger charge is -2.13. The van der Waals surface area contributed by atoms with E-state index in [9.17, 15) is 19.2 Å². The normalized spacial score (nSPS) is 15.1. The smallest absolute Gasteiger partial charge is 0.341 e. The highest BCUT2D eigenvalue weighted by Gasteiger charge is 2.35. The number of carbonyl (C=O) groups excluding carboxylic acids is 4. The van der Waals surface area contributed by atoms with E-state index in [0.717, 1.165) is 41.0 Å². The van der Waals surface area contributed by atoms with Gasteiger partial charge in [0.2, 0.25) is 5.91 Å². The third kappa shape index (κ3) is 3.44. The van der Waals surface area contributed by atoms with Crippen molar-refractivity contribution in [3.8, 4) is 0 Å². The van der Waals surface area contributed by atoms with Gasteiger partial charge in [0.05, 0.1) is 23.8 Å². The number of benzene rings is 1. The Morgan fingerprint density at radius 3 is 2.41 bits per heavy atom. The van der Waals surface area contributed by atoms with Crippen molar-refractivity contribution >= 4 is 40.0 Å². The molecule has 2 aliphatic rings. The molecule has 0 spiro atoms. The van der Waals surface area contributed by atoms with E-state index in [4.69, 9.17) is 4.74 Å². The van der Waals surface area contributed by atoms with E-state index in [-0.39, 0.29) is 30.7 Å². The van der Waals surface area contributed by atoms with Crippen molar-refractivity contribution in [1.82, 2.24) is 4.90 Å². The molecule has 3 amide bonds. The summed E-state index contributed by atoms with van der Waals surface area (Å²) in [5, 5.41) is 3.27. The average Bonchev–Trinajstić information content (AvgIpc) is 3.21. The van der Waals surface area contributed by atoms with Crippen LogP contribution in [0, 0.1) is 0 Å². The van der Waals surface area contributed by atoms with Crippen LogP contribution < -0.4 is 5.32 Å². The van der Waals surface area contributed by atoms with Gasteiger partial charge in [-0.1, -0.05) is 12.1 Å². The number of hydrogen-bond acceptors (Lipinski definition) is 6. The number of nitrogens with one attached hydrogen (secondary N) is 1. The van der Waals surface area contributed by atoms with Gasteiger partial charge in [-0.15, -0.1) is 11.3 Å².